The van der Waals surface area contributed by atoms with Crippen LogP contribution in [0, 0.1) is 0 Å². The van der Waals surface area contributed by atoms with Gasteiger partial charge in [-0.1, -0.05) is 78.3 Å². The Hall–Kier alpha value is -3.56. The standard InChI is InChI=1S/C26H19ClO3/c27-21-14-15-25(30-17-18-6-2-1-3-7-18)24(16-21)23-9-5-4-8-22(23)19-10-12-20(13-11-19)26(28)29/h1-16H,17H2,(H,28,29). The van der Waals surface area contributed by atoms with Crippen LogP contribution in [0.15, 0.2) is 97.1 Å². The molecule has 0 unspecified atom stereocenters. The number of carbonyl (C=O) groups is 1. The van der Waals surface area contributed by atoms with Crippen LogP contribution in [0.1, 0.15) is 15.9 Å². The summed E-state index contributed by atoms with van der Waals surface area (Å²) in [6, 6.07) is 30.4. The molecule has 4 rings (SSSR count). The van der Waals surface area contributed by atoms with Crippen LogP contribution in [0.4, 0.5) is 0 Å². The van der Waals surface area contributed by atoms with Crippen LogP contribution in [0.5, 0.6) is 5.75 Å². The van der Waals surface area contributed by atoms with E-state index in [1.807, 2.05) is 84.9 Å². The molecular formula is C26H19ClO3. The van der Waals surface area contributed by atoms with Crippen LogP contribution in [-0.4, -0.2) is 11.1 Å². The van der Waals surface area contributed by atoms with Gasteiger partial charge in [-0.25, -0.2) is 4.79 Å². The van der Waals surface area contributed by atoms with Gasteiger partial charge in [-0.2, -0.15) is 0 Å². The third-order valence-electron chi connectivity index (χ3n) is 4.84. The van der Waals surface area contributed by atoms with E-state index in [-0.39, 0.29) is 5.56 Å². The lowest BCUT2D eigenvalue weighted by atomic mass is 9.93. The molecule has 0 spiro atoms. The first-order valence-corrected chi connectivity index (χ1v) is 9.89. The average Bonchev–Trinajstić information content (AvgIpc) is 2.79. The Bertz CT molecular complexity index is 1170. The molecule has 0 radical (unpaired) electrons. The van der Waals surface area contributed by atoms with E-state index >= 15 is 0 Å². The van der Waals surface area contributed by atoms with E-state index in [2.05, 4.69) is 0 Å². The second kappa shape index (κ2) is 8.85. The van der Waals surface area contributed by atoms with Crippen LogP contribution in [0.2, 0.25) is 5.02 Å². The van der Waals surface area contributed by atoms with Crippen LogP contribution in [0.25, 0.3) is 22.3 Å². The smallest absolute Gasteiger partial charge is 0.335 e. The van der Waals surface area contributed by atoms with Gasteiger partial charge in [0, 0.05) is 10.6 Å². The Balaban J connectivity index is 1.74. The number of ether oxygens (including phenoxy) is 1. The van der Waals surface area contributed by atoms with Crippen molar-refractivity contribution >= 4 is 17.6 Å². The summed E-state index contributed by atoms with van der Waals surface area (Å²) < 4.78 is 6.14. The molecule has 3 nitrogen and oxygen atoms in total. The van der Waals surface area contributed by atoms with Gasteiger partial charge in [-0.3, -0.25) is 0 Å². The normalized spacial score (nSPS) is 10.6. The highest BCUT2D eigenvalue weighted by molar-refractivity contribution is 6.31. The summed E-state index contributed by atoms with van der Waals surface area (Å²) in [6.45, 7) is 0.449. The van der Waals surface area contributed by atoms with E-state index in [9.17, 15) is 4.79 Å². The predicted molar refractivity (Wildman–Crippen MR) is 120 cm³/mol. The van der Waals surface area contributed by atoms with Crippen LogP contribution in [0.3, 0.4) is 0 Å². The zero-order valence-electron chi connectivity index (χ0n) is 16.1. The van der Waals surface area contributed by atoms with E-state index in [1.54, 1.807) is 12.1 Å². The Kier molecular flexibility index (Phi) is 5.82. The van der Waals surface area contributed by atoms with E-state index < -0.39 is 5.97 Å². The second-order valence-electron chi connectivity index (χ2n) is 6.84. The fourth-order valence-corrected chi connectivity index (χ4v) is 3.51. The molecule has 4 aromatic carbocycles. The fraction of sp³-hybridized carbons (Fsp3) is 0.0385. The number of halogens is 1. The minimum atomic E-state index is -0.943. The molecular weight excluding hydrogens is 396 g/mol. The molecule has 0 bridgehead atoms. The van der Waals surface area contributed by atoms with Crippen molar-refractivity contribution in [2.24, 2.45) is 0 Å². The minimum absolute atomic E-state index is 0.255. The molecule has 30 heavy (non-hydrogen) atoms. The maximum absolute atomic E-state index is 11.2. The van der Waals surface area contributed by atoms with Gasteiger partial charge in [-0.15, -0.1) is 0 Å². The van der Waals surface area contributed by atoms with Crippen LogP contribution in [-0.2, 0) is 6.61 Å². The monoisotopic (exact) mass is 414 g/mol. The van der Waals surface area contributed by atoms with Crippen molar-refractivity contribution in [1.82, 2.24) is 0 Å². The molecule has 4 heteroatoms. The first-order chi connectivity index (χ1) is 14.6. The maximum atomic E-state index is 11.2. The van der Waals surface area contributed by atoms with Gasteiger partial charge < -0.3 is 9.84 Å². The van der Waals surface area contributed by atoms with Gasteiger partial charge in [0.25, 0.3) is 0 Å². The SMILES string of the molecule is O=C(O)c1ccc(-c2ccccc2-c2cc(Cl)ccc2OCc2ccccc2)cc1. The molecule has 0 heterocycles. The first kappa shape index (κ1) is 19.7. The molecule has 0 aliphatic heterocycles. The maximum Gasteiger partial charge on any atom is 0.335 e. The summed E-state index contributed by atoms with van der Waals surface area (Å²) in [6.07, 6.45) is 0. The number of benzene rings is 4. The molecule has 1 N–H and O–H groups in total. The Morgan fingerprint density at radius 3 is 2.13 bits per heavy atom. The molecule has 0 atom stereocenters. The lowest BCUT2D eigenvalue weighted by Gasteiger charge is -2.16. The van der Waals surface area contributed by atoms with E-state index in [0.717, 1.165) is 33.6 Å². The number of rotatable bonds is 6. The van der Waals surface area contributed by atoms with Crippen LogP contribution < -0.4 is 4.74 Å². The van der Waals surface area contributed by atoms with Gasteiger partial charge in [0.1, 0.15) is 12.4 Å². The fourth-order valence-electron chi connectivity index (χ4n) is 3.34. The van der Waals surface area contributed by atoms with Gasteiger partial charge in [0.2, 0.25) is 0 Å². The van der Waals surface area contributed by atoms with Crippen molar-refractivity contribution < 1.29 is 14.6 Å². The van der Waals surface area contributed by atoms with E-state index in [1.165, 1.54) is 0 Å². The second-order valence-corrected chi connectivity index (χ2v) is 7.28. The quantitative estimate of drug-likeness (QED) is 0.371. The third-order valence-corrected chi connectivity index (χ3v) is 5.07. The van der Waals surface area contributed by atoms with E-state index in [4.69, 9.17) is 21.4 Å². The third kappa shape index (κ3) is 4.37. The van der Waals surface area contributed by atoms with Crippen molar-refractivity contribution in [1.29, 1.82) is 0 Å². The highest BCUT2D eigenvalue weighted by atomic mass is 35.5. The van der Waals surface area contributed by atoms with Gasteiger partial charge in [0.05, 0.1) is 5.56 Å². The van der Waals surface area contributed by atoms with Gasteiger partial charge in [-0.05, 0) is 52.6 Å². The number of carboxylic acids is 1. The summed E-state index contributed by atoms with van der Waals surface area (Å²) in [5.74, 6) is -0.209. The molecule has 4 aromatic rings. The lowest BCUT2D eigenvalue weighted by molar-refractivity contribution is 0.0697. The number of hydrogen-bond acceptors (Lipinski definition) is 2. The summed E-state index contributed by atoms with van der Waals surface area (Å²) in [5.41, 5.74) is 5.08. The van der Waals surface area contributed by atoms with Crippen molar-refractivity contribution in [2.75, 3.05) is 0 Å². The van der Waals surface area contributed by atoms with Gasteiger partial charge in [0.15, 0.2) is 0 Å². The Morgan fingerprint density at radius 2 is 1.43 bits per heavy atom. The molecule has 0 aliphatic carbocycles. The minimum Gasteiger partial charge on any atom is -0.488 e. The molecule has 0 saturated carbocycles. The zero-order chi connectivity index (χ0) is 20.9. The summed E-state index contributed by atoms with van der Waals surface area (Å²) in [5, 5.41) is 9.79. The lowest BCUT2D eigenvalue weighted by Crippen LogP contribution is -1.98. The largest absolute Gasteiger partial charge is 0.488 e. The summed E-state index contributed by atoms with van der Waals surface area (Å²) in [7, 11) is 0. The predicted octanol–water partition coefficient (Wildman–Crippen LogP) is 6.95. The average molecular weight is 415 g/mol. The topological polar surface area (TPSA) is 46.5 Å². The highest BCUT2D eigenvalue weighted by Gasteiger charge is 2.13. The van der Waals surface area contributed by atoms with Crippen LogP contribution >= 0.6 is 11.6 Å². The first-order valence-electron chi connectivity index (χ1n) is 9.51. The molecule has 148 valence electrons. The Morgan fingerprint density at radius 1 is 0.767 bits per heavy atom. The van der Waals surface area contributed by atoms with Crippen molar-refractivity contribution in [3.05, 3.63) is 113 Å². The zero-order valence-corrected chi connectivity index (χ0v) is 16.8. The van der Waals surface area contributed by atoms with Crippen molar-refractivity contribution in [3.63, 3.8) is 0 Å². The highest BCUT2D eigenvalue weighted by Crippen LogP contribution is 2.39. The molecule has 0 amide bonds. The number of carboxylic acid groups (broad SMARTS) is 1. The molecule has 0 saturated heterocycles. The molecule has 0 aliphatic rings. The van der Waals surface area contributed by atoms with Crippen molar-refractivity contribution in [3.8, 4) is 28.0 Å². The number of hydrogen-bond donors (Lipinski definition) is 1. The Labute approximate surface area is 180 Å². The molecule has 0 aromatic heterocycles. The van der Waals surface area contributed by atoms with E-state index in [0.29, 0.717) is 11.6 Å². The van der Waals surface area contributed by atoms with Crippen molar-refractivity contribution in [2.45, 2.75) is 6.61 Å². The number of aromatic carboxylic acids is 1. The van der Waals surface area contributed by atoms with Gasteiger partial charge >= 0.3 is 5.97 Å². The summed E-state index contributed by atoms with van der Waals surface area (Å²) in [4.78, 5) is 11.2. The molecule has 0 fully saturated rings. The summed E-state index contributed by atoms with van der Waals surface area (Å²) >= 11 is 6.32.